The number of hydrogen-bond donors (Lipinski definition) is 0. The van der Waals surface area contributed by atoms with E-state index in [1.807, 2.05) is 37.3 Å². The second-order valence-electron chi connectivity index (χ2n) is 5.46. The van der Waals surface area contributed by atoms with Crippen molar-refractivity contribution in [2.24, 2.45) is 0 Å². The summed E-state index contributed by atoms with van der Waals surface area (Å²) in [5.74, 6) is -0.271. The molecule has 2 aromatic carbocycles. The van der Waals surface area contributed by atoms with Crippen molar-refractivity contribution in [3.05, 3.63) is 77.4 Å². The van der Waals surface area contributed by atoms with Gasteiger partial charge in [0.25, 0.3) is 0 Å². The van der Waals surface area contributed by atoms with Crippen LogP contribution in [0.25, 0.3) is 5.57 Å². The van der Waals surface area contributed by atoms with Crippen LogP contribution in [0.4, 0.5) is 0 Å². The second kappa shape index (κ2) is 8.94. The van der Waals surface area contributed by atoms with Crippen LogP contribution in [-0.4, -0.2) is 12.6 Å². The van der Waals surface area contributed by atoms with Gasteiger partial charge in [0, 0.05) is 6.08 Å². The molecular weight excluding hydrogens is 284 g/mol. The molecule has 0 aliphatic carbocycles. The standard InChI is InChI=1S/C21H24O2/c1-3-17-10-12-18(13-11-17)14-15-20(16-21(22)23-4-2)19-8-6-5-7-9-19/h5-13,16H,3-4,14-15H2,1-2H3/b20-16-. The van der Waals surface area contributed by atoms with E-state index in [1.165, 1.54) is 11.1 Å². The Labute approximate surface area is 138 Å². The predicted molar refractivity (Wildman–Crippen MR) is 95.2 cm³/mol. The largest absolute Gasteiger partial charge is 0.463 e. The summed E-state index contributed by atoms with van der Waals surface area (Å²) in [6.45, 7) is 4.38. The van der Waals surface area contributed by atoms with Gasteiger partial charge < -0.3 is 4.74 Å². The quantitative estimate of drug-likeness (QED) is 0.541. The Morgan fingerprint density at radius 3 is 2.22 bits per heavy atom. The van der Waals surface area contributed by atoms with Crippen molar-refractivity contribution in [1.29, 1.82) is 0 Å². The van der Waals surface area contributed by atoms with Gasteiger partial charge in [-0.05, 0) is 48.4 Å². The normalized spacial score (nSPS) is 11.3. The smallest absolute Gasteiger partial charge is 0.331 e. The molecule has 23 heavy (non-hydrogen) atoms. The summed E-state index contributed by atoms with van der Waals surface area (Å²) >= 11 is 0. The maximum atomic E-state index is 11.8. The SMILES string of the molecule is CCOC(=O)/C=C(/CCc1ccc(CC)cc1)c1ccccc1. The molecule has 0 heterocycles. The van der Waals surface area contributed by atoms with E-state index >= 15 is 0 Å². The Morgan fingerprint density at radius 2 is 1.61 bits per heavy atom. The van der Waals surface area contributed by atoms with E-state index in [9.17, 15) is 4.79 Å². The maximum absolute atomic E-state index is 11.8. The topological polar surface area (TPSA) is 26.3 Å². The molecular formula is C21H24O2. The van der Waals surface area contributed by atoms with Crippen LogP contribution in [0.2, 0.25) is 0 Å². The summed E-state index contributed by atoms with van der Waals surface area (Å²) in [5.41, 5.74) is 4.72. The lowest BCUT2D eigenvalue weighted by Gasteiger charge is -2.09. The third-order valence-electron chi connectivity index (χ3n) is 3.84. The first kappa shape index (κ1) is 17.0. The molecule has 0 aliphatic rings. The van der Waals surface area contributed by atoms with Crippen LogP contribution in [0, 0.1) is 0 Å². The Bertz CT molecular complexity index is 639. The lowest BCUT2D eigenvalue weighted by atomic mass is 9.97. The highest BCUT2D eigenvalue weighted by atomic mass is 16.5. The van der Waals surface area contributed by atoms with Gasteiger partial charge in [0.05, 0.1) is 6.61 Å². The van der Waals surface area contributed by atoms with Crippen molar-refractivity contribution in [2.75, 3.05) is 6.61 Å². The first-order valence-corrected chi connectivity index (χ1v) is 8.23. The van der Waals surface area contributed by atoms with Crippen LogP contribution in [0.3, 0.4) is 0 Å². The summed E-state index contributed by atoms with van der Waals surface area (Å²) < 4.78 is 5.06. The molecule has 0 fully saturated rings. The van der Waals surface area contributed by atoms with E-state index in [-0.39, 0.29) is 5.97 Å². The number of ether oxygens (including phenoxy) is 1. The van der Waals surface area contributed by atoms with Gasteiger partial charge in [0.1, 0.15) is 0 Å². The molecule has 0 aliphatic heterocycles. The number of carbonyl (C=O) groups excluding carboxylic acids is 1. The number of rotatable bonds is 7. The second-order valence-corrected chi connectivity index (χ2v) is 5.46. The number of benzene rings is 2. The zero-order valence-electron chi connectivity index (χ0n) is 13.9. The van der Waals surface area contributed by atoms with Crippen molar-refractivity contribution < 1.29 is 9.53 Å². The monoisotopic (exact) mass is 308 g/mol. The van der Waals surface area contributed by atoms with Gasteiger partial charge in [-0.15, -0.1) is 0 Å². The summed E-state index contributed by atoms with van der Waals surface area (Å²) in [5, 5.41) is 0. The van der Waals surface area contributed by atoms with Crippen LogP contribution in [0.5, 0.6) is 0 Å². The van der Waals surface area contributed by atoms with Gasteiger partial charge in [-0.2, -0.15) is 0 Å². The van der Waals surface area contributed by atoms with Crippen LogP contribution in [0.15, 0.2) is 60.7 Å². The van der Waals surface area contributed by atoms with Crippen molar-refractivity contribution in [3.8, 4) is 0 Å². The zero-order valence-corrected chi connectivity index (χ0v) is 13.9. The van der Waals surface area contributed by atoms with Crippen LogP contribution < -0.4 is 0 Å². The fourth-order valence-electron chi connectivity index (χ4n) is 2.50. The lowest BCUT2D eigenvalue weighted by molar-refractivity contribution is -0.137. The predicted octanol–water partition coefficient (Wildman–Crippen LogP) is 4.83. The summed E-state index contributed by atoms with van der Waals surface area (Å²) in [4.78, 5) is 11.8. The molecule has 0 radical (unpaired) electrons. The fraction of sp³-hybridized carbons (Fsp3) is 0.286. The number of hydrogen-bond acceptors (Lipinski definition) is 2. The van der Waals surface area contributed by atoms with Gasteiger partial charge in [-0.25, -0.2) is 4.79 Å². The average molecular weight is 308 g/mol. The number of aryl methyl sites for hydroxylation is 2. The molecule has 120 valence electrons. The summed E-state index contributed by atoms with van der Waals surface area (Å²) in [6.07, 6.45) is 4.40. The van der Waals surface area contributed by atoms with E-state index in [0.717, 1.165) is 30.4 Å². The fourth-order valence-corrected chi connectivity index (χ4v) is 2.50. The van der Waals surface area contributed by atoms with Crippen molar-refractivity contribution in [3.63, 3.8) is 0 Å². The maximum Gasteiger partial charge on any atom is 0.331 e. The summed E-state index contributed by atoms with van der Waals surface area (Å²) in [6, 6.07) is 18.7. The molecule has 2 heteroatoms. The molecule has 0 spiro atoms. The highest BCUT2D eigenvalue weighted by Crippen LogP contribution is 2.21. The average Bonchev–Trinajstić information content (AvgIpc) is 2.60. The minimum absolute atomic E-state index is 0.271. The number of esters is 1. The van der Waals surface area contributed by atoms with E-state index < -0.39 is 0 Å². The van der Waals surface area contributed by atoms with E-state index in [2.05, 4.69) is 31.2 Å². The van der Waals surface area contributed by atoms with Gasteiger partial charge in [0.2, 0.25) is 0 Å². The first-order chi connectivity index (χ1) is 11.2. The zero-order chi connectivity index (χ0) is 16.5. The molecule has 2 aromatic rings. The molecule has 2 rings (SSSR count). The van der Waals surface area contributed by atoms with Gasteiger partial charge >= 0.3 is 5.97 Å². The van der Waals surface area contributed by atoms with Gasteiger partial charge in [0.15, 0.2) is 0 Å². The van der Waals surface area contributed by atoms with Crippen LogP contribution >= 0.6 is 0 Å². The highest BCUT2D eigenvalue weighted by molar-refractivity contribution is 5.91. The highest BCUT2D eigenvalue weighted by Gasteiger charge is 2.06. The Hall–Kier alpha value is -2.35. The third-order valence-corrected chi connectivity index (χ3v) is 3.84. The molecule has 0 saturated carbocycles. The molecule has 2 nitrogen and oxygen atoms in total. The lowest BCUT2D eigenvalue weighted by Crippen LogP contribution is -2.02. The van der Waals surface area contributed by atoms with Crippen molar-refractivity contribution >= 4 is 11.5 Å². The van der Waals surface area contributed by atoms with Gasteiger partial charge in [-0.3, -0.25) is 0 Å². The van der Waals surface area contributed by atoms with E-state index in [0.29, 0.717) is 6.61 Å². The van der Waals surface area contributed by atoms with Gasteiger partial charge in [-0.1, -0.05) is 61.5 Å². The van der Waals surface area contributed by atoms with E-state index in [1.54, 1.807) is 6.08 Å². The minimum Gasteiger partial charge on any atom is -0.463 e. The molecule has 0 atom stereocenters. The van der Waals surface area contributed by atoms with Crippen LogP contribution in [0.1, 0.15) is 37.0 Å². The third kappa shape index (κ3) is 5.41. The molecule has 0 N–H and O–H groups in total. The van der Waals surface area contributed by atoms with Crippen molar-refractivity contribution in [1.82, 2.24) is 0 Å². The molecule has 0 saturated heterocycles. The molecule has 0 bridgehead atoms. The Morgan fingerprint density at radius 1 is 0.957 bits per heavy atom. The van der Waals surface area contributed by atoms with Crippen LogP contribution in [-0.2, 0) is 22.4 Å². The number of carbonyl (C=O) groups is 1. The molecule has 0 amide bonds. The molecule has 0 aromatic heterocycles. The van der Waals surface area contributed by atoms with E-state index in [4.69, 9.17) is 4.74 Å². The Balaban J connectivity index is 2.12. The number of allylic oxidation sites excluding steroid dienone is 1. The first-order valence-electron chi connectivity index (χ1n) is 8.23. The van der Waals surface area contributed by atoms with Crippen molar-refractivity contribution in [2.45, 2.75) is 33.1 Å². The molecule has 0 unspecified atom stereocenters. The Kier molecular flexibility index (Phi) is 6.61. The summed E-state index contributed by atoms with van der Waals surface area (Å²) in [7, 11) is 0. The minimum atomic E-state index is -0.271.